The van der Waals surface area contributed by atoms with E-state index in [1.807, 2.05) is 19.9 Å². The molecule has 1 aromatic carbocycles. The van der Waals surface area contributed by atoms with Gasteiger partial charge in [0.2, 0.25) is 0 Å². The minimum Gasteiger partial charge on any atom is -0.495 e. The summed E-state index contributed by atoms with van der Waals surface area (Å²) in [5, 5.41) is 0. The molecule has 0 heterocycles. The van der Waals surface area contributed by atoms with Crippen molar-refractivity contribution in [3.8, 4) is 5.75 Å². The smallest absolute Gasteiger partial charge is 0.138 e. The highest BCUT2D eigenvalue weighted by Gasteiger charge is 2.08. The van der Waals surface area contributed by atoms with E-state index in [1.165, 1.54) is 0 Å². The first-order valence-electron chi connectivity index (χ1n) is 3.67. The highest BCUT2D eigenvalue weighted by atomic mass is 79.9. The van der Waals surface area contributed by atoms with Crippen LogP contribution >= 0.6 is 15.9 Å². The summed E-state index contributed by atoms with van der Waals surface area (Å²) in [6, 6.07) is 1.96. The predicted molar refractivity (Wildman–Crippen MR) is 54.6 cm³/mol. The number of nitrogens with two attached hydrogens (primary N) is 1. The van der Waals surface area contributed by atoms with E-state index in [2.05, 4.69) is 15.9 Å². The Kier molecular flexibility index (Phi) is 2.62. The summed E-state index contributed by atoms with van der Waals surface area (Å²) >= 11 is 3.41. The number of aryl methyl sites for hydroxylation is 1. The summed E-state index contributed by atoms with van der Waals surface area (Å²) in [7, 11) is 1.64. The van der Waals surface area contributed by atoms with Gasteiger partial charge >= 0.3 is 0 Å². The van der Waals surface area contributed by atoms with Crippen LogP contribution in [0.2, 0.25) is 0 Å². The van der Waals surface area contributed by atoms with Gasteiger partial charge in [0.15, 0.2) is 0 Å². The molecular weight excluding hydrogens is 218 g/mol. The van der Waals surface area contributed by atoms with E-state index in [0.717, 1.165) is 27.0 Å². The third-order valence-corrected chi connectivity index (χ3v) is 2.52. The molecule has 0 saturated carbocycles. The van der Waals surface area contributed by atoms with Gasteiger partial charge in [-0.05, 0) is 41.4 Å². The Morgan fingerprint density at radius 1 is 1.42 bits per heavy atom. The van der Waals surface area contributed by atoms with Crippen molar-refractivity contribution in [2.75, 3.05) is 12.8 Å². The van der Waals surface area contributed by atoms with Crippen LogP contribution in [-0.4, -0.2) is 7.11 Å². The molecule has 0 aliphatic heterocycles. The molecule has 0 fully saturated rings. The molecule has 0 bridgehead atoms. The molecule has 0 radical (unpaired) electrons. The molecule has 66 valence electrons. The summed E-state index contributed by atoms with van der Waals surface area (Å²) < 4.78 is 6.14. The summed E-state index contributed by atoms with van der Waals surface area (Å²) in [5.41, 5.74) is 8.69. The lowest BCUT2D eigenvalue weighted by molar-refractivity contribution is 0.409. The Labute approximate surface area is 80.8 Å². The number of nitrogen functional groups attached to an aromatic ring is 1. The summed E-state index contributed by atoms with van der Waals surface area (Å²) in [6.07, 6.45) is 0. The van der Waals surface area contributed by atoms with Crippen molar-refractivity contribution in [1.82, 2.24) is 0 Å². The third-order valence-electron chi connectivity index (χ3n) is 1.93. The molecular formula is C9H12BrNO. The van der Waals surface area contributed by atoms with Crippen LogP contribution in [0.3, 0.4) is 0 Å². The average molecular weight is 230 g/mol. The van der Waals surface area contributed by atoms with Gasteiger partial charge in [-0.3, -0.25) is 0 Å². The molecule has 0 aromatic heterocycles. The number of halogens is 1. The van der Waals surface area contributed by atoms with Crippen molar-refractivity contribution in [2.45, 2.75) is 13.8 Å². The molecule has 0 amide bonds. The predicted octanol–water partition coefficient (Wildman–Crippen LogP) is 2.66. The maximum Gasteiger partial charge on any atom is 0.138 e. The van der Waals surface area contributed by atoms with E-state index < -0.39 is 0 Å². The SMILES string of the molecule is COc1c(Br)cc(C)c(N)c1C. The van der Waals surface area contributed by atoms with Gasteiger partial charge in [0.05, 0.1) is 11.6 Å². The number of hydrogen-bond donors (Lipinski definition) is 1. The summed E-state index contributed by atoms with van der Waals surface area (Å²) in [4.78, 5) is 0. The normalized spacial score (nSPS) is 10.0. The standard InChI is InChI=1S/C9H12BrNO/c1-5-4-7(10)9(12-3)6(2)8(5)11/h4H,11H2,1-3H3. The molecule has 0 unspecified atom stereocenters. The lowest BCUT2D eigenvalue weighted by Gasteiger charge is -2.11. The first-order valence-corrected chi connectivity index (χ1v) is 4.46. The first kappa shape index (κ1) is 9.39. The van der Waals surface area contributed by atoms with Gasteiger partial charge in [-0.1, -0.05) is 0 Å². The van der Waals surface area contributed by atoms with Crippen LogP contribution < -0.4 is 10.5 Å². The third kappa shape index (κ3) is 1.41. The highest BCUT2D eigenvalue weighted by Crippen LogP contribution is 2.34. The molecule has 0 aliphatic carbocycles. The molecule has 1 aromatic rings. The Hall–Kier alpha value is -0.700. The maximum atomic E-state index is 5.83. The van der Waals surface area contributed by atoms with Crippen molar-refractivity contribution >= 4 is 21.6 Å². The number of ether oxygens (including phenoxy) is 1. The van der Waals surface area contributed by atoms with Gasteiger partial charge in [0.1, 0.15) is 5.75 Å². The monoisotopic (exact) mass is 229 g/mol. The molecule has 0 saturated heterocycles. The minimum atomic E-state index is 0.801. The van der Waals surface area contributed by atoms with Crippen LogP contribution in [0.15, 0.2) is 10.5 Å². The van der Waals surface area contributed by atoms with Gasteiger partial charge in [-0.15, -0.1) is 0 Å². The first-order chi connectivity index (χ1) is 5.57. The van der Waals surface area contributed by atoms with Crippen LogP contribution in [0.4, 0.5) is 5.69 Å². The van der Waals surface area contributed by atoms with Crippen molar-refractivity contribution in [3.63, 3.8) is 0 Å². The van der Waals surface area contributed by atoms with E-state index in [-0.39, 0.29) is 0 Å². The highest BCUT2D eigenvalue weighted by molar-refractivity contribution is 9.10. The zero-order chi connectivity index (χ0) is 9.30. The lowest BCUT2D eigenvalue weighted by Crippen LogP contribution is -1.97. The van der Waals surface area contributed by atoms with Crippen LogP contribution in [0.1, 0.15) is 11.1 Å². The molecule has 1 rings (SSSR count). The Balaban J connectivity index is 3.40. The van der Waals surface area contributed by atoms with E-state index in [4.69, 9.17) is 10.5 Å². The largest absolute Gasteiger partial charge is 0.495 e. The van der Waals surface area contributed by atoms with Crippen LogP contribution in [0.25, 0.3) is 0 Å². The van der Waals surface area contributed by atoms with Crippen LogP contribution in [0, 0.1) is 13.8 Å². The second-order valence-corrected chi connectivity index (χ2v) is 3.60. The van der Waals surface area contributed by atoms with Crippen LogP contribution in [0.5, 0.6) is 5.75 Å². The minimum absolute atomic E-state index is 0.801. The van der Waals surface area contributed by atoms with E-state index in [9.17, 15) is 0 Å². The maximum absolute atomic E-state index is 5.83. The van der Waals surface area contributed by atoms with Crippen molar-refractivity contribution in [1.29, 1.82) is 0 Å². The van der Waals surface area contributed by atoms with Gasteiger partial charge < -0.3 is 10.5 Å². The Morgan fingerprint density at radius 3 is 2.50 bits per heavy atom. The van der Waals surface area contributed by atoms with Gasteiger partial charge in [-0.25, -0.2) is 0 Å². The fourth-order valence-electron chi connectivity index (χ4n) is 1.18. The van der Waals surface area contributed by atoms with E-state index in [1.54, 1.807) is 7.11 Å². The second kappa shape index (κ2) is 3.35. The van der Waals surface area contributed by atoms with Gasteiger partial charge in [0, 0.05) is 11.3 Å². The molecule has 12 heavy (non-hydrogen) atoms. The number of anilines is 1. The quantitative estimate of drug-likeness (QED) is 0.752. The number of benzene rings is 1. The Morgan fingerprint density at radius 2 is 2.00 bits per heavy atom. The molecule has 2 nitrogen and oxygen atoms in total. The molecule has 2 N–H and O–H groups in total. The number of hydrogen-bond acceptors (Lipinski definition) is 2. The van der Waals surface area contributed by atoms with Gasteiger partial charge in [-0.2, -0.15) is 0 Å². The second-order valence-electron chi connectivity index (χ2n) is 2.75. The van der Waals surface area contributed by atoms with Crippen molar-refractivity contribution in [3.05, 3.63) is 21.7 Å². The van der Waals surface area contributed by atoms with Crippen molar-refractivity contribution in [2.24, 2.45) is 0 Å². The molecule has 0 atom stereocenters. The lowest BCUT2D eigenvalue weighted by atomic mass is 10.1. The molecule has 0 aliphatic rings. The van der Waals surface area contributed by atoms with Crippen LogP contribution in [-0.2, 0) is 0 Å². The van der Waals surface area contributed by atoms with E-state index >= 15 is 0 Å². The molecule has 3 heteroatoms. The fourth-order valence-corrected chi connectivity index (χ4v) is 1.98. The molecule has 0 spiro atoms. The average Bonchev–Trinajstić information content (AvgIpc) is 2.01. The topological polar surface area (TPSA) is 35.2 Å². The Bertz CT molecular complexity index is 310. The number of methoxy groups -OCH3 is 1. The summed E-state index contributed by atoms with van der Waals surface area (Å²) in [5.74, 6) is 0.818. The fraction of sp³-hybridized carbons (Fsp3) is 0.333. The zero-order valence-corrected chi connectivity index (χ0v) is 9.03. The van der Waals surface area contributed by atoms with Gasteiger partial charge in [0.25, 0.3) is 0 Å². The zero-order valence-electron chi connectivity index (χ0n) is 7.44. The van der Waals surface area contributed by atoms with E-state index in [0.29, 0.717) is 0 Å². The summed E-state index contributed by atoms with van der Waals surface area (Å²) in [6.45, 7) is 3.93. The van der Waals surface area contributed by atoms with Crippen molar-refractivity contribution < 1.29 is 4.74 Å². The number of rotatable bonds is 1.